The number of methoxy groups -OCH3 is 2. The Morgan fingerprint density at radius 2 is 1.73 bits per heavy atom. The molecule has 4 nitrogen and oxygen atoms in total. The van der Waals surface area contributed by atoms with E-state index in [0.717, 1.165) is 42.8 Å². The minimum Gasteiger partial charge on any atom is -0.493 e. The van der Waals surface area contributed by atoms with Crippen molar-refractivity contribution in [2.75, 3.05) is 14.2 Å². The molecule has 0 saturated heterocycles. The number of aryl methyl sites for hydroxylation is 1. The van der Waals surface area contributed by atoms with Crippen LogP contribution in [0.2, 0.25) is 0 Å². The van der Waals surface area contributed by atoms with Gasteiger partial charge in [-0.1, -0.05) is 11.8 Å². The fourth-order valence-electron chi connectivity index (χ4n) is 4.00. The third-order valence-corrected chi connectivity index (χ3v) is 6.13. The molecule has 0 atom stereocenters. The molecule has 2 heterocycles. The zero-order valence-corrected chi connectivity index (χ0v) is 17.9. The summed E-state index contributed by atoms with van der Waals surface area (Å²) in [7, 11) is 3.25. The van der Waals surface area contributed by atoms with Crippen molar-refractivity contribution >= 4 is 11.8 Å². The van der Waals surface area contributed by atoms with E-state index >= 15 is 0 Å². The van der Waals surface area contributed by atoms with Crippen molar-refractivity contribution in [3.63, 3.8) is 0 Å². The highest BCUT2D eigenvalue weighted by Gasteiger charge is 2.27. The second-order valence-corrected chi connectivity index (χ2v) is 8.28. The summed E-state index contributed by atoms with van der Waals surface area (Å²) in [6.07, 6.45) is 6.65. The molecule has 2 aromatic carbocycles. The number of rotatable bonds is 6. The summed E-state index contributed by atoms with van der Waals surface area (Å²) in [5.41, 5.74) is 3.02. The standard InChI is InChI=1S/C23H25F2N2O2S/c1-28-20-12-7-16(14-21(20)29-2)19-15-26-13-5-3-4-6-22(26)27(19)17-8-10-18(11-9-17)30-23(24)25/h7-12,14-15,23H,3-6,13H2,1-2H3/q+1. The van der Waals surface area contributed by atoms with Crippen LogP contribution in [0.1, 0.15) is 25.1 Å². The van der Waals surface area contributed by atoms with Crippen LogP contribution in [0, 0.1) is 0 Å². The Balaban J connectivity index is 1.83. The van der Waals surface area contributed by atoms with Crippen molar-refractivity contribution in [1.29, 1.82) is 0 Å². The van der Waals surface area contributed by atoms with E-state index in [4.69, 9.17) is 9.47 Å². The number of fused-ring (bicyclic) bond motifs is 1. The molecule has 4 rings (SSSR count). The Labute approximate surface area is 179 Å². The maximum Gasteiger partial charge on any atom is 0.288 e. The molecule has 0 saturated carbocycles. The largest absolute Gasteiger partial charge is 0.493 e. The number of aromatic nitrogens is 2. The normalized spacial score (nSPS) is 13.8. The van der Waals surface area contributed by atoms with Crippen molar-refractivity contribution < 1.29 is 22.8 Å². The number of halogens is 2. The van der Waals surface area contributed by atoms with E-state index in [1.807, 2.05) is 30.3 Å². The molecule has 0 fully saturated rings. The molecular formula is C23H25F2N2O2S+. The fraction of sp³-hybridized carbons (Fsp3) is 0.348. The average molecular weight is 432 g/mol. The van der Waals surface area contributed by atoms with E-state index in [1.165, 1.54) is 12.2 Å². The molecule has 1 aliphatic rings. The smallest absolute Gasteiger partial charge is 0.288 e. The molecule has 0 aliphatic carbocycles. The van der Waals surface area contributed by atoms with Crippen molar-refractivity contribution in [1.82, 2.24) is 4.57 Å². The molecule has 7 heteroatoms. The number of ether oxygens (including phenoxy) is 2. The van der Waals surface area contributed by atoms with Crippen molar-refractivity contribution in [2.45, 2.75) is 42.9 Å². The lowest BCUT2D eigenvalue weighted by Gasteiger charge is -2.10. The van der Waals surface area contributed by atoms with Crippen molar-refractivity contribution in [3.05, 3.63) is 54.5 Å². The van der Waals surface area contributed by atoms with Gasteiger partial charge in [0.1, 0.15) is 11.9 Å². The van der Waals surface area contributed by atoms with Crippen LogP contribution in [0.5, 0.6) is 11.5 Å². The number of thioether (sulfide) groups is 1. The van der Waals surface area contributed by atoms with Crippen LogP contribution in [0.25, 0.3) is 16.9 Å². The Morgan fingerprint density at radius 1 is 0.967 bits per heavy atom. The topological polar surface area (TPSA) is 27.3 Å². The Morgan fingerprint density at radius 3 is 2.43 bits per heavy atom. The molecule has 1 aliphatic heterocycles. The van der Waals surface area contributed by atoms with E-state index in [9.17, 15) is 8.78 Å². The lowest BCUT2D eigenvalue weighted by Crippen LogP contribution is -2.35. The summed E-state index contributed by atoms with van der Waals surface area (Å²) >= 11 is 0.568. The third-order valence-electron chi connectivity index (χ3n) is 5.41. The molecule has 0 amide bonds. The van der Waals surface area contributed by atoms with Gasteiger partial charge in [-0.25, -0.2) is 4.57 Å². The quantitative estimate of drug-likeness (QED) is 0.382. The van der Waals surface area contributed by atoms with Crippen molar-refractivity contribution in [3.8, 4) is 28.4 Å². The van der Waals surface area contributed by atoms with Crippen LogP contribution in [0.15, 0.2) is 53.6 Å². The highest BCUT2D eigenvalue weighted by Crippen LogP contribution is 2.34. The molecule has 30 heavy (non-hydrogen) atoms. The lowest BCUT2D eigenvalue weighted by atomic mass is 10.1. The van der Waals surface area contributed by atoms with Gasteiger partial charge < -0.3 is 9.47 Å². The zero-order valence-electron chi connectivity index (χ0n) is 17.1. The Kier molecular flexibility index (Phi) is 6.27. The van der Waals surface area contributed by atoms with Gasteiger partial charge in [-0.05, 0) is 61.7 Å². The second-order valence-electron chi connectivity index (χ2n) is 7.21. The van der Waals surface area contributed by atoms with Crippen molar-refractivity contribution in [2.24, 2.45) is 0 Å². The number of hydrogen-bond donors (Lipinski definition) is 0. The number of hydrogen-bond acceptors (Lipinski definition) is 3. The van der Waals surface area contributed by atoms with Crippen LogP contribution in [0.3, 0.4) is 0 Å². The van der Waals surface area contributed by atoms with Gasteiger partial charge in [-0.2, -0.15) is 13.3 Å². The number of alkyl halides is 2. The minimum absolute atomic E-state index is 0.562. The van der Waals surface area contributed by atoms with Gasteiger partial charge in [-0.3, -0.25) is 0 Å². The van der Waals surface area contributed by atoms with Gasteiger partial charge in [0, 0.05) is 16.9 Å². The maximum absolute atomic E-state index is 12.7. The molecule has 158 valence electrons. The zero-order chi connectivity index (χ0) is 21.1. The summed E-state index contributed by atoms with van der Waals surface area (Å²) in [5.74, 6) is 0.164. The Bertz CT molecular complexity index is 1020. The first-order chi connectivity index (χ1) is 14.6. The van der Waals surface area contributed by atoms with Gasteiger partial charge in [0.15, 0.2) is 17.2 Å². The first-order valence-electron chi connectivity index (χ1n) is 10.0. The van der Waals surface area contributed by atoms with Gasteiger partial charge >= 0.3 is 0 Å². The van der Waals surface area contributed by atoms with Gasteiger partial charge in [0.25, 0.3) is 11.6 Å². The monoisotopic (exact) mass is 431 g/mol. The molecule has 1 aromatic heterocycles. The molecular weight excluding hydrogens is 406 g/mol. The van der Waals surface area contributed by atoms with E-state index in [0.29, 0.717) is 28.2 Å². The van der Waals surface area contributed by atoms with E-state index in [1.54, 1.807) is 26.4 Å². The molecule has 0 spiro atoms. The van der Waals surface area contributed by atoms with Crippen LogP contribution < -0.4 is 14.0 Å². The molecule has 0 radical (unpaired) electrons. The first-order valence-corrected chi connectivity index (χ1v) is 10.9. The van der Waals surface area contributed by atoms with Gasteiger partial charge in [-0.15, -0.1) is 0 Å². The van der Waals surface area contributed by atoms with Crippen LogP contribution in [-0.4, -0.2) is 24.5 Å². The molecule has 0 unspecified atom stereocenters. The van der Waals surface area contributed by atoms with Crippen LogP contribution in [-0.2, 0) is 13.0 Å². The highest BCUT2D eigenvalue weighted by molar-refractivity contribution is 7.99. The predicted octanol–water partition coefficient (Wildman–Crippen LogP) is 5.49. The van der Waals surface area contributed by atoms with E-state index in [2.05, 4.69) is 15.3 Å². The van der Waals surface area contributed by atoms with E-state index in [-0.39, 0.29) is 0 Å². The number of benzene rings is 2. The average Bonchev–Trinajstić information content (AvgIpc) is 2.95. The SMILES string of the molecule is COc1ccc(-c2c[n+]3c(n2-c2ccc(SC(F)F)cc2)CCCCC3)cc1OC. The highest BCUT2D eigenvalue weighted by atomic mass is 32.2. The summed E-state index contributed by atoms with van der Waals surface area (Å²) in [4.78, 5) is 0.562. The minimum atomic E-state index is -2.42. The summed E-state index contributed by atoms with van der Waals surface area (Å²) in [6.45, 7) is 0.974. The second kappa shape index (κ2) is 9.08. The van der Waals surface area contributed by atoms with Crippen LogP contribution >= 0.6 is 11.8 Å². The number of imidazole rings is 1. The summed E-state index contributed by atoms with van der Waals surface area (Å²) in [5, 5.41) is 0. The molecule has 0 N–H and O–H groups in total. The lowest BCUT2D eigenvalue weighted by molar-refractivity contribution is -0.702. The van der Waals surface area contributed by atoms with Gasteiger partial charge in [0.05, 0.1) is 20.8 Å². The fourth-order valence-corrected chi connectivity index (χ4v) is 4.50. The molecule has 0 bridgehead atoms. The predicted molar refractivity (Wildman–Crippen MR) is 114 cm³/mol. The maximum atomic E-state index is 12.7. The first kappa shape index (κ1) is 20.7. The van der Waals surface area contributed by atoms with E-state index < -0.39 is 5.76 Å². The Hall–Kier alpha value is -2.54. The number of nitrogens with zero attached hydrogens (tertiary/aromatic N) is 2. The summed E-state index contributed by atoms with van der Waals surface area (Å²) < 4.78 is 40.9. The third kappa shape index (κ3) is 4.17. The van der Waals surface area contributed by atoms with Crippen LogP contribution in [0.4, 0.5) is 8.78 Å². The molecule has 3 aromatic rings. The summed E-state index contributed by atoms with van der Waals surface area (Å²) in [6, 6.07) is 13.3. The van der Waals surface area contributed by atoms with Gasteiger partial charge in [0.2, 0.25) is 0 Å².